The minimum atomic E-state index is -0.751. The number of benzene rings is 2. The Bertz CT molecular complexity index is 864. The maximum absolute atomic E-state index is 13.4. The number of rotatable bonds is 9. The number of nitrogens with zero attached hydrogens (tertiary/aromatic N) is 1. The van der Waals surface area contributed by atoms with Gasteiger partial charge in [-0.05, 0) is 67.9 Å². The largest absolute Gasteiger partial charge is 0.492 e. The summed E-state index contributed by atoms with van der Waals surface area (Å²) in [7, 11) is 0. The summed E-state index contributed by atoms with van der Waals surface area (Å²) in [6.45, 7) is 8.83. The number of amides is 1. The SMILES string of the molecule is CCN(CC)CCOc1ccc(NC(=O)C2(c3ccc(Cl)cc3Cl)CCOCC2)cc1. The minimum absolute atomic E-state index is 0.0878. The maximum Gasteiger partial charge on any atom is 0.235 e. The van der Waals surface area contributed by atoms with Crippen molar-refractivity contribution in [3.8, 4) is 5.75 Å². The van der Waals surface area contributed by atoms with Gasteiger partial charge in [0.25, 0.3) is 0 Å². The molecule has 0 saturated carbocycles. The lowest BCUT2D eigenvalue weighted by molar-refractivity contribution is -0.125. The number of anilines is 1. The van der Waals surface area contributed by atoms with Gasteiger partial charge in [-0.1, -0.05) is 43.1 Å². The van der Waals surface area contributed by atoms with E-state index in [1.54, 1.807) is 12.1 Å². The molecule has 0 aromatic heterocycles. The zero-order chi connectivity index (χ0) is 22.3. The first-order valence-corrected chi connectivity index (χ1v) is 11.5. The quantitative estimate of drug-likeness (QED) is 0.539. The Morgan fingerprint density at radius 1 is 1.10 bits per heavy atom. The third-order valence-electron chi connectivity index (χ3n) is 5.91. The highest BCUT2D eigenvalue weighted by atomic mass is 35.5. The van der Waals surface area contributed by atoms with E-state index in [0.717, 1.165) is 36.6 Å². The smallest absolute Gasteiger partial charge is 0.235 e. The Morgan fingerprint density at radius 2 is 1.77 bits per heavy atom. The van der Waals surface area contributed by atoms with Crippen LogP contribution in [0.5, 0.6) is 5.75 Å². The highest BCUT2D eigenvalue weighted by molar-refractivity contribution is 6.35. The summed E-state index contributed by atoms with van der Waals surface area (Å²) in [5, 5.41) is 4.11. The van der Waals surface area contributed by atoms with Crippen molar-refractivity contribution in [1.29, 1.82) is 0 Å². The first kappa shape index (κ1) is 23.9. The molecular weight excluding hydrogens is 435 g/mol. The molecule has 0 radical (unpaired) electrons. The number of carbonyl (C=O) groups is 1. The molecule has 0 spiro atoms. The fourth-order valence-corrected chi connectivity index (χ4v) is 4.52. The number of likely N-dealkylation sites (N-methyl/N-ethyl adjacent to an activating group) is 1. The van der Waals surface area contributed by atoms with Crippen molar-refractivity contribution in [3.63, 3.8) is 0 Å². The number of halogens is 2. The third kappa shape index (κ3) is 5.92. The molecule has 1 fully saturated rings. The molecule has 2 aromatic carbocycles. The van der Waals surface area contributed by atoms with E-state index in [2.05, 4.69) is 24.1 Å². The van der Waals surface area contributed by atoms with Crippen LogP contribution in [0.1, 0.15) is 32.3 Å². The second-order valence-electron chi connectivity index (χ2n) is 7.67. The Balaban J connectivity index is 1.69. The van der Waals surface area contributed by atoms with Crippen LogP contribution in [0.15, 0.2) is 42.5 Å². The van der Waals surface area contributed by atoms with Gasteiger partial charge in [0.05, 0.1) is 5.41 Å². The second kappa shape index (κ2) is 11.2. The zero-order valence-corrected chi connectivity index (χ0v) is 19.6. The minimum Gasteiger partial charge on any atom is -0.492 e. The number of hydrogen-bond donors (Lipinski definition) is 1. The van der Waals surface area contributed by atoms with Crippen molar-refractivity contribution in [2.24, 2.45) is 0 Å². The summed E-state index contributed by atoms with van der Waals surface area (Å²) in [4.78, 5) is 15.7. The van der Waals surface area contributed by atoms with Gasteiger partial charge in [-0.2, -0.15) is 0 Å². The fourth-order valence-electron chi connectivity index (χ4n) is 3.93. The Morgan fingerprint density at radius 3 is 2.39 bits per heavy atom. The Hall–Kier alpha value is -1.79. The lowest BCUT2D eigenvalue weighted by Crippen LogP contribution is -2.45. The highest BCUT2D eigenvalue weighted by Crippen LogP contribution is 2.40. The van der Waals surface area contributed by atoms with Crippen LogP contribution in [0, 0.1) is 0 Å². The van der Waals surface area contributed by atoms with E-state index in [-0.39, 0.29) is 5.91 Å². The van der Waals surface area contributed by atoms with Crippen molar-refractivity contribution in [2.45, 2.75) is 32.1 Å². The van der Waals surface area contributed by atoms with Crippen LogP contribution in [0.4, 0.5) is 5.69 Å². The van der Waals surface area contributed by atoms with Gasteiger partial charge in [0.1, 0.15) is 12.4 Å². The normalized spacial score (nSPS) is 15.6. The van der Waals surface area contributed by atoms with E-state index in [1.165, 1.54) is 0 Å². The van der Waals surface area contributed by atoms with Crippen molar-refractivity contribution in [1.82, 2.24) is 4.90 Å². The van der Waals surface area contributed by atoms with Crippen LogP contribution in [-0.4, -0.2) is 50.3 Å². The Labute approximate surface area is 194 Å². The molecule has 1 N–H and O–H groups in total. The van der Waals surface area contributed by atoms with Crippen LogP contribution in [-0.2, 0) is 14.9 Å². The van der Waals surface area contributed by atoms with E-state index >= 15 is 0 Å². The van der Waals surface area contributed by atoms with Crippen LogP contribution >= 0.6 is 23.2 Å². The summed E-state index contributed by atoms with van der Waals surface area (Å²) in [6.07, 6.45) is 1.12. The summed E-state index contributed by atoms with van der Waals surface area (Å²) < 4.78 is 11.4. The molecule has 0 unspecified atom stereocenters. The number of carbonyl (C=O) groups excluding carboxylic acids is 1. The topological polar surface area (TPSA) is 50.8 Å². The molecular formula is C24H30Cl2N2O3. The summed E-state index contributed by atoms with van der Waals surface area (Å²) in [5.74, 6) is 0.696. The molecule has 31 heavy (non-hydrogen) atoms. The van der Waals surface area contributed by atoms with Crippen LogP contribution in [0.3, 0.4) is 0 Å². The third-order valence-corrected chi connectivity index (χ3v) is 6.46. The van der Waals surface area contributed by atoms with Crippen molar-refractivity contribution in [2.75, 3.05) is 44.8 Å². The molecule has 1 amide bonds. The highest BCUT2D eigenvalue weighted by Gasteiger charge is 2.43. The van der Waals surface area contributed by atoms with Crippen molar-refractivity contribution in [3.05, 3.63) is 58.1 Å². The van der Waals surface area contributed by atoms with E-state index in [0.29, 0.717) is 42.7 Å². The van der Waals surface area contributed by atoms with Gasteiger partial charge in [-0.3, -0.25) is 4.79 Å². The van der Waals surface area contributed by atoms with Gasteiger partial charge < -0.3 is 19.7 Å². The van der Waals surface area contributed by atoms with E-state index < -0.39 is 5.41 Å². The predicted octanol–water partition coefficient (Wildman–Crippen LogP) is 5.40. The molecule has 1 heterocycles. The molecule has 0 aliphatic carbocycles. The molecule has 0 bridgehead atoms. The van der Waals surface area contributed by atoms with Gasteiger partial charge in [0.15, 0.2) is 0 Å². The van der Waals surface area contributed by atoms with Crippen LogP contribution in [0.2, 0.25) is 10.0 Å². The van der Waals surface area contributed by atoms with Gasteiger partial charge in [0.2, 0.25) is 5.91 Å². The van der Waals surface area contributed by atoms with Crippen LogP contribution in [0.25, 0.3) is 0 Å². The molecule has 1 aliphatic rings. The van der Waals surface area contributed by atoms with Gasteiger partial charge in [-0.25, -0.2) is 0 Å². The number of hydrogen-bond acceptors (Lipinski definition) is 4. The van der Waals surface area contributed by atoms with Gasteiger partial charge in [0, 0.05) is 35.5 Å². The summed E-state index contributed by atoms with van der Waals surface area (Å²) >= 11 is 12.6. The Kier molecular flexibility index (Phi) is 8.61. The lowest BCUT2D eigenvalue weighted by atomic mass is 9.73. The van der Waals surface area contributed by atoms with Crippen molar-refractivity contribution < 1.29 is 14.3 Å². The zero-order valence-electron chi connectivity index (χ0n) is 18.1. The van der Waals surface area contributed by atoms with E-state index in [4.69, 9.17) is 32.7 Å². The molecule has 7 heteroatoms. The molecule has 2 aromatic rings. The second-order valence-corrected chi connectivity index (χ2v) is 8.52. The average Bonchev–Trinajstić information content (AvgIpc) is 2.78. The van der Waals surface area contributed by atoms with Crippen LogP contribution < -0.4 is 10.1 Å². The first-order chi connectivity index (χ1) is 15.0. The molecule has 168 valence electrons. The van der Waals surface area contributed by atoms with Gasteiger partial charge >= 0.3 is 0 Å². The maximum atomic E-state index is 13.4. The monoisotopic (exact) mass is 464 g/mol. The summed E-state index contributed by atoms with van der Waals surface area (Å²) in [6, 6.07) is 12.8. The summed E-state index contributed by atoms with van der Waals surface area (Å²) in [5.41, 5.74) is 0.756. The van der Waals surface area contributed by atoms with E-state index in [1.807, 2.05) is 30.3 Å². The van der Waals surface area contributed by atoms with Gasteiger partial charge in [-0.15, -0.1) is 0 Å². The number of ether oxygens (including phenoxy) is 2. The lowest BCUT2D eigenvalue weighted by Gasteiger charge is -2.36. The van der Waals surface area contributed by atoms with E-state index in [9.17, 15) is 4.79 Å². The predicted molar refractivity (Wildman–Crippen MR) is 127 cm³/mol. The standard InChI is InChI=1S/C24H30Cl2N2O3/c1-3-28(4-2)13-16-31-20-8-6-19(7-9-20)27-23(29)24(11-14-30-15-12-24)21-10-5-18(25)17-22(21)26/h5-10,17H,3-4,11-16H2,1-2H3,(H,27,29). The average molecular weight is 465 g/mol. The molecule has 3 rings (SSSR count). The molecule has 0 atom stereocenters. The molecule has 1 saturated heterocycles. The first-order valence-electron chi connectivity index (χ1n) is 10.8. The molecule has 5 nitrogen and oxygen atoms in total. The molecule has 1 aliphatic heterocycles. The fraction of sp³-hybridized carbons (Fsp3) is 0.458. The number of nitrogens with one attached hydrogen (secondary N) is 1. The van der Waals surface area contributed by atoms with Crippen molar-refractivity contribution >= 4 is 34.8 Å².